The quantitative estimate of drug-likeness (QED) is 0.613. The van der Waals surface area contributed by atoms with Crippen molar-refractivity contribution < 1.29 is 14.3 Å². The fraction of sp³-hybridized carbons (Fsp3) is 0.875. The minimum Gasteiger partial charge on any atom is -0.469 e. The van der Waals surface area contributed by atoms with Crippen molar-refractivity contribution in [2.75, 3.05) is 20.3 Å². The van der Waals surface area contributed by atoms with Gasteiger partial charge in [0.05, 0.1) is 13.7 Å². The molecule has 0 spiro atoms. The summed E-state index contributed by atoms with van der Waals surface area (Å²) in [6.07, 6.45) is 1.88. The molecule has 1 rings (SSSR count). The molecule has 0 aromatic carbocycles. The second-order valence-corrected chi connectivity index (χ2v) is 3.24. The molecule has 70 valence electrons. The van der Waals surface area contributed by atoms with Gasteiger partial charge in [-0.1, -0.05) is 0 Å². The van der Waals surface area contributed by atoms with Crippen LogP contribution in [0.25, 0.3) is 0 Å². The molecule has 4 heteroatoms. The highest BCUT2D eigenvalue weighted by Gasteiger charge is 2.30. The number of carbonyl (C=O) groups is 1. The second-order valence-electron chi connectivity index (χ2n) is 3.24. The molecule has 4 nitrogen and oxygen atoms in total. The molecule has 1 atom stereocenters. The van der Waals surface area contributed by atoms with E-state index in [4.69, 9.17) is 10.5 Å². The van der Waals surface area contributed by atoms with Crippen LogP contribution in [0.15, 0.2) is 0 Å². The first-order valence-corrected chi connectivity index (χ1v) is 4.10. The third-order valence-corrected chi connectivity index (χ3v) is 2.19. The van der Waals surface area contributed by atoms with Crippen LogP contribution in [0, 0.1) is 0 Å². The Bertz CT molecular complexity index is 164. The van der Waals surface area contributed by atoms with Crippen molar-refractivity contribution in [3.63, 3.8) is 0 Å². The molecule has 2 N–H and O–H groups in total. The van der Waals surface area contributed by atoms with E-state index in [1.807, 2.05) is 0 Å². The van der Waals surface area contributed by atoms with Crippen molar-refractivity contribution in [3.05, 3.63) is 0 Å². The van der Waals surface area contributed by atoms with Crippen LogP contribution in [-0.2, 0) is 14.3 Å². The molecular formula is C8H15NO3. The smallest absolute Gasteiger partial charge is 0.305 e. The van der Waals surface area contributed by atoms with Crippen LogP contribution in [-0.4, -0.2) is 31.8 Å². The first-order valence-electron chi connectivity index (χ1n) is 4.10. The van der Waals surface area contributed by atoms with E-state index in [1.54, 1.807) is 0 Å². The molecular weight excluding hydrogens is 158 g/mol. The van der Waals surface area contributed by atoms with Gasteiger partial charge in [0.25, 0.3) is 0 Å². The highest BCUT2D eigenvalue weighted by molar-refractivity contribution is 5.69. The Morgan fingerprint density at radius 1 is 1.75 bits per heavy atom. The summed E-state index contributed by atoms with van der Waals surface area (Å²) in [5.74, 6) is -0.202. The lowest BCUT2D eigenvalue weighted by Gasteiger charge is -2.20. The molecule has 0 aromatic rings. The fourth-order valence-electron chi connectivity index (χ4n) is 1.27. The Kier molecular flexibility index (Phi) is 3.05. The third kappa shape index (κ3) is 2.46. The summed E-state index contributed by atoms with van der Waals surface area (Å²) in [6, 6.07) is 0. The number of carbonyl (C=O) groups excluding carboxylic acids is 1. The van der Waals surface area contributed by atoms with Gasteiger partial charge in [-0.25, -0.2) is 0 Å². The van der Waals surface area contributed by atoms with Crippen LogP contribution >= 0.6 is 0 Å². The zero-order valence-corrected chi connectivity index (χ0v) is 7.34. The minimum atomic E-state index is -0.297. The first-order chi connectivity index (χ1) is 5.66. The van der Waals surface area contributed by atoms with E-state index in [0.717, 1.165) is 6.42 Å². The Hall–Kier alpha value is -0.610. The standard InChI is InChI=1S/C8H15NO3/c1-11-7(10)2-3-8(9)4-5-12-6-8/h2-6,9H2,1H3. The van der Waals surface area contributed by atoms with Gasteiger partial charge in [-0.15, -0.1) is 0 Å². The van der Waals surface area contributed by atoms with Crippen molar-refractivity contribution in [2.24, 2.45) is 5.73 Å². The van der Waals surface area contributed by atoms with Gasteiger partial charge in [0.1, 0.15) is 0 Å². The molecule has 0 aliphatic carbocycles. The SMILES string of the molecule is COC(=O)CCC1(N)CCOC1. The molecule has 1 saturated heterocycles. The van der Waals surface area contributed by atoms with Crippen LogP contribution in [0.2, 0.25) is 0 Å². The number of hydrogen-bond acceptors (Lipinski definition) is 4. The third-order valence-electron chi connectivity index (χ3n) is 2.19. The lowest BCUT2D eigenvalue weighted by molar-refractivity contribution is -0.141. The number of nitrogens with two attached hydrogens (primary N) is 1. The lowest BCUT2D eigenvalue weighted by Crippen LogP contribution is -2.40. The summed E-state index contributed by atoms with van der Waals surface area (Å²) in [5, 5.41) is 0. The first kappa shape index (κ1) is 9.48. The van der Waals surface area contributed by atoms with E-state index in [1.165, 1.54) is 7.11 Å². The van der Waals surface area contributed by atoms with E-state index in [9.17, 15) is 4.79 Å². The molecule has 0 radical (unpaired) electrons. The van der Waals surface area contributed by atoms with Crippen molar-refractivity contribution in [1.29, 1.82) is 0 Å². The molecule has 1 heterocycles. The van der Waals surface area contributed by atoms with E-state index in [2.05, 4.69) is 4.74 Å². The summed E-state index contributed by atoms with van der Waals surface area (Å²) < 4.78 is 9.67. The average Bonchev–Trinajstić information content (AvgIpc) is 2.49. The zero-order chi connectivity index (χ0) is 9.03. The van der Waals surface area contributed by atoms with Crippen molar-refractivity contribution >= 4 is 5.97 Å². The molecule has 0 bridgehead atoms. The van der Waals surface area contributed by atoms with E-state index >= 15 is 0 Å². The predicted molar refractivity (Wildman–Crippen MR) is 43.6 cm³/mol. The summed E-state index contributed by atoms with van der Waals surface area (Å²) in [7, 11) is 1.39. The lowest BCUT2D eigenvalue weighted by atomic mass is 9.94. The topological polar surface area (TPSA) is 61.5 Å². The highest BCUT2D eigenvalue weighted by Crippen LogP contribution is 2.20. The molecule has 0 aromatic heterocycles. The maximum atomic E-state index is 10.8. The van der Waals surface area contributed by atoms with Crippen molar-refractivity contribution in [3.8, 4) is 0 Å². The molecule has 1 unspecified atom stereocenters. The van der Waals surface area contributed by atoms with Gasteiger partial charge in [-0.05, 0) is 12.8 Å². The maximum Gasteiger partial charge on any atom is 0.305 e. The van der Waals surface area contributed by atoms with Crippen LogP contribution in [0.4, 0.5) is 0 Å². The van der Waals surface area contributed by atoms with Crippen LogP contribution < -0.4 is 5.73 Å². The van der Waals surface area contributed by atoms with Crippen LogP contribution in [0.1, 0.15) is 19.3 Å². The maximum absolute atomic E-state index is 10.8. The molecule has 1 aliphatic heterocycles. The van der Waals surface area contributed by atoms with Gasteiger partial charge in [0.15, 0.2) is 0 Å². The fourth-order valence-corrected chi connectivity index (χ4v) is 1.27. The molecule has 0 saturated carbocycles. The van der Waals surface area contributed by atoms with E-state index in [0.29, 0.717) is 26.1 Å². The van der Waals surface area contributed by atoms with Gasteiger partial charge in [0.2, 0.25) is 0 Å². The van der Waals surface area contributed by atoms with Gasteiger partial charge in [-0.3, -0.25) is 4.79 Å². The largest absolute Gasteiger partial charge is 0.469 e. The highest BCUT2D eigenvalue weighted by atomic mass is 16.5. The van der Waals surface area contributed by atoms with Crippen LogP contribution in [0.5, 0.6) is 0 Å². The molecule has 0 amide bonds. The average molecular weight is 173 g/mol. The monoisotopic (exact) mass is 173 g/mol. The zero-order valence-electron chi connectivity index (χ0n) is 7.34. The summed E-state index contributed by atoms with van der Waals surface area (Å²) in [5.41, 5.74) is 5.63. The summed E-state index contributed by atoms with van der Waals surface area (Å²) in [6.45, 7) is 1.27. The summed E-state index contributed by atoms with van der Waals surface area (Å²) in [4.78, 5) is 10.8. The Balaban J connectivity index is 2.25. The molecule has 1 aliphatic rings. The number of hydrogen-bond donors (Lipinski definition) is 1. The number of esters is 1. The predicted octanol–water partition coefficient (Wildman–Crippen LogP) is 0.0574. The van der Waals surface area contributed by atoms with Gasteiger partial charge in [-0.2, -0.15) is 0 Å². The number of rotatable bonds is 3. The van der Waals surface area contributed by atoms with Gasteiger partial charge >= 0.3 is 5.97 Å². The Morgan fingerprint density at radius 3 is 3.00 bits per heavy atom. The second kappa shape index (κ2) is 3.87. The number of ether oxygens (including phenoxy) is 2. The number of methoxy groups -OCH3 is 1. The van der Waals surface area contributed by atoms with Gasteiger partial charge < -0.3 is 15.2 Å². The Morgan fingerprint density at radius 2 is 2.50 bits per heavy atom. The molecule has 1 fully saturated rings. The molecule has 12 heavy (non-hydrogen) atoms. The Labute approximate surface area is 72.0 Å². The minimum absolute atomic E-state index is 0.202. The van der Waals surface area contributed by atoms with Crippen LogP contribution in [0.3, 0.4) is 0 Å². The van der Waals surface area contributed by atoms with Crippen molar-refractivity contribution in [2.45, 2.75) is 24.8 Å². The normalized spacial score (nSPS) is 28.8. The van der Waals surface area contributed by atoms with Crippen molar-refractivity contribution in [1.82, 2.24) is 0 Å². The van der Waals surface area contributed by atoms with E-state index < -0.39 is 0 Å². The van der Waals surface area contributed by atoms with Gasteiger partial charge in [0, 0.05) is 18.6 Å². The van der Waals surface area contributed by atoms with E-state index in [-0.39, 0.29) is 11.5 Å². The summed E-state index contributed by atoms with van der Waals surface area (Å²) >= 11 is 0.